The van der Waals surface area contributed by atoms with Gasteiger partial charge in [-0.1, -0.05) is 78.9 Å². The molecule has 0 amide bonds. The van der Waals surface area contributed by atoms with E-state index in [1.807, 2.05) is 30.3 Å². The summed E-state index contributed by atoms with van der Waals surface area (Å²) in [6.45, 7) is 0. The fourth-order valence-electron chi connectivity index (χ4n) is 3.30. The first-order valence-corrected chi connectivity index (χ1v) is 7.79. The normalized spacial score (nSPS) is 12.6. The Morgan fingerprint density at radius 2 is 1.35 bits per heavy atom. The first-order chi connectivity index (χ1) is 11.4. The Kier molecular flexibility index (Phi) is 3.39. The molecule has 0 N–H and O–H groups in total. The average molecular weight is 296 g/mol. The van der Waals surface area contributed by atoms with Crippen LogP contribution in [0, 0.1) is 0 Å². The fourth-order valence-corrected chi connectivity index (χ4v) is 3.30. The van der Waals surface area contributed by atoms with Crippen molar-refractivity contribution in [3.63, 3.8) is 0 Å². The van der Waals surface area contributed by atoms with E-state index in [2.05, 4.69) is 48.5 Å². The van der Waals surface area contributed by atoms with Gasteiger partial charge in [0, 0.05) is 5.56 Å². The zero-order valence-corrected chi connectivity index (χ0v) is 12.7. The summed E-state index contributed by atoms with van der Waals surface area (Å²) in [5.41, 5.74) is 8.02. The smallest absolute Gasteiger partial charge is 0.150 e. The minimum absolute atomic E-state index is 0.732. The molecule has 0 atom stereocenters. The van der Waals surface area contributed by atoms with E-state index in [4.69, 9.17) is 0 Å². The maximum absolute atomic E-state index is 11.4. The number of fused-ring (bicyclic) bond motifs is 1. The van der Waals surface area contributed by atoms with Crippen LogP contribution in [0.2, 0.25) is 0 Å². The number of hydrogen-bond donors (Lipinski definition) is 0. The first-order valence-electron chi connectivity index (χ1n) is 7.79. The third-order valence-electron chi connectivity index (χ3n) is 4.42. The van der Waals surface area contributed by atoms with Gasteiger partial charge in [0.25, 0.3) is 0 Å². The van der Waals surface area contributed by atoms with Gasteiger partial charge in [0.05, 0.1) is 0 Å². The predicted molar refractivity (Wildman–Crippen MR) is 95.3 cm³/mol. The second kappa shape index (κ2) is 5.69. The molecule has 1 nitrogen and oxygen atoms in total. The van der Waals surface area contributed by atoms with Crippen LogP contribution in [-0.4, -0.2) is 6.29 Å². The molecule has 0 heterocycles. The molecule has 23 heavy (non-hydrogen) atoms. The highest BCUT2D eigenvalue weighted by atomic mass is 16.1. The molecule has 0 aliphatic heterocycles. The molecule has 3 aromatic rings. The monoisotopic (exact) mass is 296 g/mol. The largest absolute Gasteiger partial charge is 0.298 e. The molecule has 0 unspecified atom stereocenters. The van der Waals surface area contributed by atoms with Crippen molar-refractivity contribution in [1.29, 1.82) is 0 Å². The van der Waals surface area contributed by atoms with E-state index >= 15 is 0 Å². The molecule has 3 aromatic carbocycles. The van der Waals surface area contributed by atoms with Crippen molar-refractivity contribution in [2.45, 2.75) is 6.42 Å². The molecule has 0 fully saturated rings. The number of carbonyl (C=O) groups is 1. The van der Waals surface area contributed by atoms with Gasteiger partial charge in [-0.15, -0.1) is 0 Å². The zero-order chi connectivity index (χ0) is 15.6. The van der Waals surface area contributed by atoms with Crippen molar-refractivity contribution in [2.24, 2.45) is 0 Å². The third-order valence-corrected chi connectivity index (χ3v) is 4.42. The van der Waals surface area contributed by atoms with E-state index < -0.39 is 0 Å². The summed E-state index contributed by atoms with van der Waals surface area (Å²) in [6, 6.07) is 24.6. The van der Waals surface area contributed by atoms with Crippen molar-refractivity contribution in [3.05, 3.63) is 95.1 Å². The molecule has 0 bridgehead atoms. The zero-order valence-electron chi connectivity index (χ0n) is 12.7. The van der Waals surface area contributed by atoms with Crippen molar-refractivity contribution >= 4 is 17.9 Å². The Labute approximate surface area is 135 Å². The second-order valence-electron chi connectivity index (χ2n) is 5.80. The molecule has 1 aliphatic carbocycles. The van der Waals surface area contributed by atoms with Gasteiger partial charge in [0.2, 0.25) is 0 Å². The van der Waals surface area contributed by atoms with Crippen LogP contribution in [0.4, 0.5) is 0 Å². The molecule has 0 saturated heterocycles. The van der Waals surface area contributed by atoms with E-state index in [0.717, 1.165) is 29.4 Å². The van der Waals surface area contributed by atoms with Crippen LogP contribution in [-0.2, 0) is 6.42 Å². The van der Waals surface area contributed by atoms with Crippen molar-refractivity contribution in [1.82, 2.24) is 0 Å². The Balaban J connectivity index is 1.85. The summed E-state index contributed by atoms with van der Waals surface area (Å²) in [5, 5.41) is 0. The summed E-state index contributed by atoms with van der Waals surface area (Å²) in [6.07, 6.45) is 4.14. The molecule has 0 spiro atoms. The average Bonchev–Trinajstić information content (AvgIpc) is 3.05. The van der Waals surface area contributed by atoms with Gasteiger partial charge < -0.3 is 0 Å². The maximum atomic E-state index is 11.4. The lowest BCUT2D eigenvalue weighted by Gasteiger charge is -2.12. The second-order valence-corrected chi connectivity index (χ2v) is 5.80. The van der Waals surface area contributed by atoms with E-state index in [1.54, 1.807) is 0 Å². The summed E-state index contributed by atoms with van der Waals surface area (Å²) in [4.78, 5) is 11.4. The number of benzene rings is 3. The molecule has 110 valence electrons. The van der Waals surface area contributed by atoms with Gasteiger partial charge in [0.1, 0.15) is 0 Å². The van der Waals surface area contributed by atoms with Crippen molar-refractivity contribution < 1.29 is 4.79 Å². The van der Waals surface area contributed by atoms with Gasteiger partial charge in [-0.3, -0.25) is 4.79 Å². The number of allylic oxidation sites excluding steroid dienone is 1. The fraction of sp³-hybridized carbons (Fsp3) is 0.0455. The van der Waals surface area contributed by atoms with Gasteiger partial charge in [-0.05, 0) is 39.8 Å². The van der Waals surface area contributed by atoms with Gasteiger partial charge >= 0.3 is 0 Å². The van der Waals surface area contributed by atoms with E-state index in [0.29, 0.717) is 0 Å². The van der Waals surface area contributed by atoms with Gasteiger partial charge in [0.15, 0.2) is 6.29 Å². The molecule has 0 radical (unpaired) electrons. The van der Waals surface area contributed by atoms with E-state index in [1.165, 1.54) is 22.3 Å². The van der Waals surface area contributed by atoms with Crippen LogP contribution in [0.3, 0.4) is 0 Å². The van der Waals surface area contributed by atoms with Crippen LogP contribution in [0.1, 0.15) is 27.0 Å². The first kappa shape index (κ1) is 13.7. The molecule has 1 heteroatoms. The quantitative estimate of drug-likeness (QED) is 0.602. The highest BCUT2D eigenvalue weighted by Gasteiger charge is 2.17. The van der Waals surface area contributed by atoms with Crippen molar-refractivity contribution in [2.75, 3.05) is 0 Å². The topological polar surface area (TPSA) is 17.1 Å². The van der Waals surface area contributed by atoms with Crippen LogP contribution in [0.25, 0.3) is 22.8 Å². The van der Waals surface area contributed by atoms with Gasteiger partial charge in [-0.2, -0.15) is 0 Å². The van der Waals surface area contributed by atoms with Crippen LogP contribution in [0.15, 0.2) is 72.8 Å². The number of aldehydes is 1. The summed E-state index contributed by atoms with van der Waals surface area (Å²) in [5.74, 6) is 0. The summed E-state index contributed by atoms with van der Waals surface area (Å²) < 4.78 is 0. The van der Waals surface area contributed by atoms with E-state index in [9.17, 15) is 4.79 Å². The highest BCUT2D eigenvalue weighted by molar-refractivity contribution is 5.97. The third kappa shape index (κ3) is 2.40. The Morgan fingerprint density at radius 1 is 0.696 bits per heavy atom. The van der Waals surface area contributed by atoms with E-state index in [-0.39, 0.29) is 0 Å². The Bertz CT molecular complexity index is 919. The van der Waals surface area contributed by atoms with Crippen molar-refractivity contribution in [3.8, 4) is 11.1 Å². The molecule has 0 saturated carbocycles. The highest BCUT2D eigenvalue weighted by Crippen LogP contribution is 2.37. The maximum Gasteiger partial charge on any atom is 0.150 e. The van der Waals surface area contributed by atoms with Crippen LogP contribution >= 0.6 is 0 Å². The molecule has 4 rings (SSSR count). The number of hydrogen-bond acceptors (Lipinski definition) is 1. The summed E-state index contributed by atoms with van der Waals surface area (Å²) >= 11 is 0. The SMILES string of the molecule is O=Cc1ccccc1-c1ccccc1C1=Cc2ccccc2C1. The van der Waals surface area contributed by atoms with Gasteiger partial charge in [-0.25, -0.2) is 0 Å². The lowest BCUT2D eigenvalue weighted by Crippen LogP contribution is -1.93. The minimum Gasteiger partial charge on any atom is -0.298 e. The Hall–Kier alpha value is -2.93. The predicted octanol–water partition coefficient (Wildman–Crippen LogP) is 5.26. The number of carbonyl (C=O) groups excluding carboxylic acids is 1. The lowest BCUT2D eigenvalue weighted by molar-refractivity contribution is 0.112. The number of rotatable bonds is 3. The van der Waals surface area contributed by atoms with Crippen LogP contribution in [0.5, 0.6) is 0 Å². The molecular weight excluding hydrogens is 280 g/mol. The molecule has 1 aliphatic rings. The van der Waals surface area contributed by atoms with Crippen LogP contribution < -0.4 is 0 Å². The molecular formula is C22H16O. The minimum atomic E-state index is 0.732. The standard InChI is InChI=1S/C22H16O/c23-15-18-9-3-4-10-20(18)22-12-6-5-11-21(22)19-13-16-7-1-2-8-17(16)14-19/h1-13,15H,14H2. The summed E-state index contributed by atoms with van der Waals surface area (Å²) in [7, 11) is 0. The molecule has 0 aromatic heterocycles. The Morgan fingerprint density at radius 3 is 2.13 bits per heavy atom. The lowest BCUT2D eigenvalue weighted by atomic mass is 9.91.